The Morgan fingerprint density at radius 2 is 1.54 bits per heavy atom. The molecule has 0 bridgehead atoms. The van der Waals surface area contributed by atoms with E-state index in [1.165, 1.54) is 7.11 Å². The summed E-state index contributed by atoms with van der Waals surface area (Å²) < 4.78 is 10.5. The lowest BCUT2D eigenvalue weighted by Gasteiger charge is -2.15. The van der Waals surface area contributed by atoms with Crippen molar-refractivity contribution in [3.8, 4) is 17.0 Å². The van der Waals surface area contributed by atoms with E-state index in [1.54, 1.807) is 13.2 Å². The van der Waals surface area contributed by atoms with E-state index in [2.05, 4.69) is 4.98 Å². The molecular weight excluding hydrogens is 326 g/mol. The molecule has 4 heteroatoms. The molecule has 4 aromatic rings. The van der Waals surface area contributed by atoms with Crippen molar-refractivity contribution < 1.29 is 14.3 Å². The maximum Gasteiger partial charge on any atom is 0.356 e. The van der Waals surface area contributed by atoms with Gasteiger partial charge in [-0.05, 0) is 28.3 Å². The summed E-state index contributed by atoms with van der Waals surface area (Å²) in [4.78, 5) is 16.8. The maximum atomic E-state index is 12.1. The zero-order valence-corrected chi connectivity index (χ0v) is 14.5. The molecule has 26 heavy (non-hydrogen) atoms. The molecule has 0 amide bonds. The van der Waals surface area contributed by atoms with Crippen LogP contribution in [0, 0.1) is 0 Å². The topological polar surface area (TPSA) is 48.4 Å². The minimum atomic E-state index is -0.462. The van der Waals surface area contributed by atoms with Gasteiger partial charge in [0.05, 0.1) is 25.5 Å². The highest BCUT2D eigenvalue weighted by atomic mass is 16.5. The molecule has 3 aromatic carbocycles. The largest absolute Gasteiger partial charge is 0.496 e. The molecule has 0 fully saturated rings. The second kappa shape index (κ2) is 6.48. The SMILES string of the molecule is COC(=O)c1cc2ccccc2c(-c2c(OC)ccc3ccccc23)n1. The molecule has 0 radical (unpaired) electrons. The normalized spacial score (nSPS) is 10.8. The van der Waals surface area contributed by atoms with Gasteiger partial charge in [0.1, 0.15) is 11.4 Å². The highest BCUT2D eigenvalue weighted by molar-refractivity contribution is 6.07. The molecule has 1 aromatic heterocycles. The lowest BCUT2D eigenvalue weighted by Crippen LogP contribution is -2.06. The van der Waals surface area contributed by atoms with Crippen molar-refractivity contribution in [1.29, 1.82) is 0 Å². The molecular formula is C22H17NO3. The number of aromatic nitrogens is 1. The van der Waals surface area contributed by atoms with Crippen LogP contribution in [0.1, 0.15) is 10.5 Å². The number of methoxy groups -OCH3 is 2. The number of carbonyl (C=O) groups excluding carboxylic acids is 1. The Bertz CT molecular complexity index is 1130. The number of fused-ring (bicyclic) bond motifs is 2. The van der Waals surface area contributed by atoms with E-state index >= 15 is 0 Å². The molecule has 0 unspecified atom stereocenters. The fraction of sp³-hybridized carbons (Fsp3) is 0.0909. The van der Waals surface area contributed by atoms with Gasteiger partial charge in [-0.1, -0.05) is 54.6 Å². The third kappa shape index (κ3) is 2.56. The lowest BCUT2D eigenvalue weighted by atomic mass is 9.96. The first kappa shape index (κ1) is 16.1. The van der Waals surface area contributed by atoms with Crippen molar-refractivity contribution in [2.24, 2.45) is 0 Å². The van der Waals surface area contributed by atoms with Crippen LogP contribution in [-0.4, -0.2) is 25.2 Å². The Labute approximate surface area is 151 Å². The molecule has 0 saturated heterocycles. The molecule has 128 valence electrons. The third-order valence-corrected chi connectivity index (χ3v) is 4.48. The fourth-order valence-electron chi connectivity index (χ4n) is 3.26. The van der Waals surface area contributed by atoms with Crippen LogP contribution < -0.4 is 4.74 Å². The van der Waals surface area contributed by atoms with Crippen LogP contribution in [0.4, 0.5) is 0 Å². The second-order valence-electron chi connectivity index (χ2n) is 5.93. The lowest BCUT2D eigenvalue weighted by molar-refractivity contribution is 0.0594. The van der Waals surface area contributed by atoms with Crippen molar-refractivity contribution in [2.45, 2.75) is 0 Å². The number of nitrogens with zero attached hydrogens (tertiary/aromatic N) is 1. The highest BCUT2D eigenvalue weighted by Gasteiger charge is 2.18. The Balaban J connectivity index is 2.15. The number of ether oxygens (including phenoxy) is 2. The second-order valence-corrected chi connectivity index (χ2v) is 5.93. The molecule has 0 aliphatic heterocycles. The maximum absolute atomic E-state index is 12.1. The van der Waals surface area contributed by atoms with Crippen LogP contribution in [0.5, 0.6) is 5.75 Å². The molecule has 0 N–H and O–H groups in total. The van der Waals surface area contributed by atoms with Gasteiger partial charge < -0.3 is 9.47 Å². The van der Waals surface area contributed by atoms with Gasteiger partial charge >= 0.3 is 5.97 Å². The van der Waals surface area contributed by atoms with Crippen LogP contribution in [0.25, 0.3) is 32.8 Å². The zero-order valence-electron chi connectivity index (χ0n) is 14.5. The van der Waals surface area contributed by atoms with Crippen LogP contribution in [-0.2, 0) is 4.74 Å². The van der Waals surface area contributed by atoms with Crippen LogP contribution in [0.15, 0.2) is 66.7 Å². The predicted octanol–water partition coefficient (Wildman–Crippen LogP) is 4.85. The summed E-state index contributed by atoms with van der Waals surface area (Å²) in [6, 6.07) is 21.6. The molecule has 0 spiro atoms. The van der Waals surface area contributed by atoms with Gasteiger partial charge in [-0.25, -0.2) is 9.78 Å². The van der Waals surface area contributed by atoms with Gasteiger partial charge in [0, 0.05) is 5.39 Å². The van der Waals surface area contributed by atoms with Gasteiger partial charge in [0.15, 0.2) is 0 Å². The Morgan fingerprint density at radius 3 is 2.27 bits per heavy atom. The highest BCUT2D eigenvalue weighted by Crippen LogP contribution is 2.39. The molecule has 4 rings (SSSR count). The van der Waals surface area contributed by atoms with E-state index in [4.69, 9.17) is 9.47 Å². The van der Waals surface area contributed by atoms with Crippen LogP contribution >= 0.6 is 0 Å². The van der Waals surface area contributed by atoms with E-state index in [0.717, 1.165) is 27.1 Å². The summed E-state index contributed by atoms with van der Waals surface area (Å²) in [5.41, 5.74) is 1.85. The number of rotatable bonds is 3. The summed E-state index contributed by atoms with van der Waals surface area (Å²) in [6.07, 6.45) is 0. The van der Waals surface area contributed by atoms with Gasteiger partial charge in [0.2, 0.25) is 0 Å². The molecule has 0 aliphatic carbocycles. The summed E-state index contributed by atoms with van der Waals surface area (Å²) in [5, 5.41) is 3.98. The smallest absolute Gasteiger partial charge is 0.356 e. The number of hydrogen-bond acceptors (Lipinski definition) is 4. The minimum absolute atomic E-state index is 0.274. The summed E-state index contributed by atoms with van der Waals surface area (Å²) in [5.74, 6) is 0.250. The van der Waals surface area contributed by atoms with Crippen molar-refractivity contribution in [1.82, 2.24) is 4.98 Å². The number of hydrogen-bond donors (Lipinski definition) is 0. The third-order valence-electron chi connectivity index (χ3n) is 4.48. The van der Waals surface area contributed by atoms with Crippen molar-refractivity contribution in [3.63, 3.8) is 0 Å². The van der Waals surface area contributed by atoms with E-state index in [1.807, 2.05) is 60.7 Å². The van der Waals surface area contributed by atoms with Crippen molar-refractivity contribution in [2.75, 3.05) is 14.2 Å². The first-order valence-corrected chi connectivity index (χ1v) is 8.27. The average Bonchev–Trinajstić information content (AvgIpc) is 2.71. The summed E-state index contributed by atoms with van der Waals surface area (Å²) in [6.45, 7) is 0. The van der Waals surface area contributed by atoms with Gasteiger partial charge in [-0.2, -0.15) is 0 Å². The molecule has 4 nitrogen and oxygen atoms in total. The van der Waals surface area contributed by atoms with Crippen LogP contribution in [0.2, 0.25) is 0 Å². The van der Waals surface area contributed by atoms with E-state index in [0.29, 0.717) is 11.4 Å². The summed E-state index contributed by atoms with van der Waals surface area (Å²) >= 11 is 0. The first-order chi connectivity index (χ1) is 12.7. The zero-order chi connectivity index (χ0) is 18.1. The average molecular weight is 343 g/mol. The number of pyridine rings is 1. The van der Waals surface area contributed by atoms with Crippen molar-refractivity contribution in [3.05, 3.63) is 72.4 Å². The number of benzene rings is 3. The fourth-order valence-corrected chi connectivity index (χ4v) is 3.26. The molecule has 0 aliphatic rings. The number of esters is 1. The molecule has 1 heterocycles. The van der Waals surface area contributed by atoms with Gasteiger partial charge in [-0.15, -0.1) is 0 Å². The van der Waals surface area contributed by atoms with Crippen LogP contribution in [0.3, 0.4) is 0 Å². The van der Waals surface area contributed by atoms with E-state index in [9.17, 15) is 4.79 Å². The molecule has 0 atom stereocenters. The Morgan fingerprint density at radius 1 is 0.846 bits per heavy atom. The number of carbonyl (C=O) groups is 1. The minimum Gasteiger partial charge on any atom is -0.496 e. The standard InChI is InChI=1S/C22H17NO3/c1-25-19-12-11-14-7-3-5-9-16(14)20(19)21-17-10-6-4-8-15(17)13-18(23-21)22(24)26-2/h3-13H,1-2H3. The van der Waals surface area contributed by atoms with Crippen molar-refractivity contribution >= 4 is 27.5 Å². The quantitative estimate of drug-likeness (QED) is 0.499. The monoisotopic (exact) mass is 343 g/mol. The van der Waals surface area contributed by atoms with E-state index in [-0.39, 0.29) is 5.69 Å². The van der Waals surface area contributed by atoms with E-state index < -0.39 is 5.97 Å². The first-order valence-electron chi connectivity index (χ1n) is 8.27. The Kier molecular flexibility index (Phi) is 4.01. The predicted molar refractivity (Wildman–Crippen MR) is 103 cm³/mol. The Hall–Kier alpha value is -3.40. The van der Waals surface area contributed by atoms with Gasteiger partial charge in [-0.3, -0.25) is 0 Å². The van der Waals surface area contributed by atoms with Gasteiger partial charge in [0.25, 0.3) is 0 Å². The summed E-state index contributed by atoms with van der Waals surface area (Å²) in [7, 11) is 3.00. The molecule has 0 saturated carbocycles.